The van der Waals surface area contributed by atoms with Gasteiger partial charge in [-0.05, 0) is 87.2 Å². The van der Waals surface area contributed by atoms with Crippen LogP contribution in [0, 0.1) is 11.7 Å². The third-order valence-corrected chi connectivity index (χ3v) is 7.20. The van der Waals surface area contributed by atoms with Gasteiger partial charge >= 0.3 is 0 Å². The number of nitrogens with zero attached hydrogens (tertiary/aromatic N) is 1. The van der Waals surface area contributed by atoms with Gasteiger partial charge in [0.15, 0.2) is 5.78 Å². The first-order valence-electron chi connectivity index (χ1n) is 10.7. The average molecular weight is 447 g/mol. The summed E-state index contributed by atoms with van der Waals surface area (Å²) >= 11 is 0. The van der Waals surface area contributed by atoms with Crippen LogP contribution in [0.3, 0.4) is 0 Å². The summed E-state index contributed by atoms with van der Waals surface area (Å²) in [6, 6.07) is 12.1. The molecule has 1 N–H and O–H groups in total. The number of likely N-dealkylation sites (tertiary alicyclic amines) is 1. The van der Waals surface area contributed by atoms with Gasteiger partial charge in [-0.15, -0.1) is 0 Å². The van der Waals surface area contributed by atoms with Crippen molar-refractivity contribution < 1.29 is 22.3 Å². The van der Waals surface area contributed by atoms with E-state index in [0.717, 1.165) is 62.1 Å². The predicted octanol–water partition coefficient (Wildman–Crippen LogP) is 3.59. The lowest BCUT2D eigenvalue weighted by Gasteiger charge is -2.25. The van der Waals surface area contributed by atoms with Crippen LogP contribution in [-0.2, 0) is 10.0 Å². The predicted molar refractivity (Wildman–Crippen MR) is 115 cm³/mol. The molecule has 166 valence electrons. The van der Waals surface area contributed by atoms with Crippen LogP contribution in [0.4, 0.5) is 4.39 Å². The Morgan fingerprint density at radius 1 is 1.06 bits per heavy atom. The lowest BCUT2D eigenvalue weighted by atomic mass is 10.1. The number of halogens is 1. The minimum Gasteiger partial charge on any atom is -0.494 e. The van der Waals surface area contributed by atoms with E-state index in [9.17, 15) is 17.6 Å². The molecule has 2 aromatic carbocycles. The molecule has 6 nitrogen and oxygen atoms in total. The molecule has 0 aromatic heterocycles. The highest BCUT2D eigenvalue weighted by Crippen LogP contribution is 2.32. The summed E-state index contributed by atoms with van der Waals surface area (Å²) < 4.78 is 46.7. The maximum absolute atomic E-state index is 13.1. The monoisotopic (exact) mass is 446 g/mol. The Labute approximate surface area is 182 Å². The van der Waals surface area contributed by atoms with E-state index in [4.69, 9.17) is 4.74 Å². The molecule has 1 aliphatic heterocycles. The molecule has 2 aliphatic rings. The quantitative estimate of drug-likeness (QED) is 0.446. The topological polar surface area (TPSA) is 75.7 Å². The molecule has 0 bridgehead atoms. The van der Waals surface area contributed by atoms with Crippen molar-refractivity contribution in [2.75, 3.05) is 19.7 Å². The SMILES string of the molecule is O=C(c1ccc(OCCCN2CCCC2NS(=O)(=O)c2ccc(F)cc2)cc1)C1CC1. The van der Waals surface area contributed by atoms with Gasteiger partial charge in [0.05, 0.1) is 17.7 Å². The Bertz CT molecular complexity index is 1000. The minimum absolute atomic E-state index is 0.0627. The van der Waals surface area contributed by atoms with Crippen LogP contribution in [0.2, 0.25) is 0 Å². The first kappa shape index (κ1) is 21.9. The molecule has 4 rings (SSSR count). The Balaban J connectivity index is 1.23. The fourth-order valence-corrected chi connectivity index (χ4v) is 5.10. The number of hydrogen-bond donors (Lipinski definition) is 1. The molecule has 8 heteroatoms. The summed E-state index contributed by atoms with van der Waals surface area (Å²) in [4.78, 5) is 14.2. The van der Waals surface area contributed by atoms with E-state index in [2.05, 4.69) is 9.62 Å². The first-order chi connectivity index (χ1) is 14.9. The van der Waals surface area contributed by atoms with Crippen molar-refractivity contribution in [2.24, 2.45) is 5.92 Å². The lowest BCUT2D eigenvalue weighted by Crippen LogP contribution is -2.44. The van der Waals surface area contributed by atoms with Crippen LogP contribution >= 0.6 is 0 Å². The van der Waals surface area contributed by atoms with Crippen molar-refractivity contribution in [3.63, 3.8) is 0 Å². The van der Waals surface area contributed by atoms with E-state index in [-0.39, 0.29) is 22.8 Å². The van der Waals surface area contributed by atoms with Crippen molar-refractivity contribution in [1.82, 2.24) is 9.62 Å². The van der Waals surface area contributed by atoms with Crippen molar-refractivity contribution in [1.29, 1.82) is 0 Å². The Kier molecular flexibility index (Phi) is 6.69. The van der Waals surface area contributed by atoms with Gasteiger partial charge in [-0.3, -0.25) is 9.69 Å². The normalized spacial score (nSPS) is 19.5. The average Bonchev–Trinajstić information content (AvgIpc) is 3.52. The third kappa shape index (κ3) is 5.70. The highest BCUT2D eigenvalue weighted by molar-refractivity contribution is 7.89. The maximum atomic E-state index is 13.1. The van der Waals surface area contributed by atoms with Crippen LogP contribution in [0.5, 0.6) is 5.75 Å². The Morgan fingerprint density at radius 3 is 2.45 bits per heavy atom. The second kappa shape index (κ2) is 9.46. The molecular weight excluding hydrogens is 419 g/mol. The number of carbonyl (C=O) groups excluding carboxylic acids is 1. The zero-order valence-corrected chi connectivity index (χ0v) is 18.1. The molecule has 1 saturated carbocycles. The number of rotatable bonds is 10. The number of benzene rings is 2. The summed E-state index contributed by atoms with van der Waals surface area (Å²) in [5.74, 6) is 0.684. The van der Waals surface area contributed by atoms with Crippen LogP contribution in [0.25, 0.3) is 0 Å². The van der Waals surface area contributed by atoms with Crippen molar-refractivity contribution in [3.8, 4) is 5.75 Å². The molecule has 1 unspecified atom stereocenters. The molecule has 1 atom stereocenters. The van der Waals surface area contributed by atoms with Gasteiger partial charge in [-0.25, -0.2) is 12.8 Å². The van der Waals surface area contributed by atoms with Gasteiger partial charge < -0.3 is 4.74 Å². The van der Waals surface area contributed by atoms with Gasteiger partial charge in [0.25, 0.3) is 0 Å². The molecule has 1 aliphatic carbocycles. The number of ether oxygens (including phenoxy) is 1. The van der Waals surface area contributed by atoms with Gasteiger partial charge in [0.1, 0.15) is 11.6 Å². The van der Waals surface area contributed by atoms with Crippen LogP contribution in [-0.4, -0.2) is 45.0 Å². The number of sulfonamides is 1. The van der Waals surface area contributed by atoms with Crippen molar-refractivity contribution >= 4 is 15.8 Å². The van der Waals surface area contributed by atoms with Crippen LogP contribution < -0.4 is 9.46 Å². The largest absolute Gasteiger partial charge is 0.494 e. The second-order valence-corrected chi connectivity index (χ2v) is 9.85. The second-order valence-electron chi connectivity index (χ2n) is 8.13. The van der Waals surface area contributed by atoms with E-state index in [1.807, 2.05) is 24.3 Å². The molecule has 1 saturated heterocycles. The molecule has 0 radical (unpaired) electrons. The lowest BCUT2D eigenvalue weighted by molar-refractivity contribution is 0.0967. The van der Waals surface area contributed by atoms with Crippen LogP contribution in [0.1, 0.15) is 42.5 Å². The summed E-state index contributed by atoms with van der Waals surface area (Å²) in [6.07, 6.45) is 4.11. The van der Waals surface area contributed by atoms with Crippen molar-refractivity contribution in [3.05, 3.63) is 59.9 Å². The standard InChI is InChI=1S/C23H27FN2O4S/c24-19-8-12-21(13-9-19)31(28,29)25-22-3-1-14-26(22)15-2-16-30-20-10-6-18(7-11-20)23(27)17-4-5-17/h6-13,17,22,25H,1-5,14-16H2. The zero-order chi connectivity index (χ0) is 21.8. The highest BCUT2D eigenvalue weighted by Gasteiger charge is 2.30. The number of nitrogens with one attached hydrogen (secondary N) is 1. The first-order valence-corrected chi connectivity index (χ1v) is 12.2. The molecule has 0 spiro atoms. The number of Topliss-reactive ketones (excluding diaryl/α,β-unsaturated/α-hetero) is 1. The molecule has 2 aromatic rings. The molecule has 1 heterocycles. The van der Waals surface area contributed by atoms with Crippen LogP contribution in [0.15, 0.2) is 53.4 Å². The molecule has 2 fully saturated rings. The summed E-state index contributed by atoms with van der Waals surface area (Å²) in [5.41, 5.74) is 0.739. The Morgan fingerprint density at radius 2 is 1.77 bits per heavy atom. The fourth-order valence-electron chi connectivity index (χ4n) is 3.84. The highest BCUT2D eigenvalue weighted by atomic mass is 32.2. The van der Waals surface area contributed by atoms with E-state index in [1.165, 1.54) is 12.1 Å². The summed E-state index contributed by atoms with van der Waals surface area (Å²) in [6.45, 7) is 2.02. The van der Waals surface area contributed by atoms with E-state index in [0.29, 0.717) is 13.2 Å². The van der Waals surface area contributed by atoms with E-state index < -0.39 is 15.8 Å². The van der Waals surface area contributed by atoms with E-state index in [1.54, 1.807) is 0 Å². The van der Waals surface area contributed by atoms with E-state index >= 15 is 0 Å². The fraction of sp³-hybridized carbons (Fsp3) is 0.435. The van der Waals surface area contributed by atoms with Crippen molar-refractivity contribution in [2.45, 2.75) is 43.2 Å². The molecule has 31 heavy (non-hydrogen) atoms. The van der Waals surface area contributed by atoms with Gasteiger partial charge in [0.2, 0.25) is 10.0 Å². The maximum Gasteiger partial charge on any atom is 0.241 e. The summed E-state index contributed by atoms with van der Waals surface area (Å²) in [7, 11) is -3.70. The third-order valence-electron chi connectivity index (χ3n) is 5.72. The summed E-state index contributed by atoms with van der Waals surface area (Å²) in [5, 5.41) is 0. The Hall–Kier alpha value is -2.29. The number of carbonyl (C=O) groups is 1. The smallest absolute Gasteiger partial charge is 0.241 e. The molecule has 0 amide bonds. The van der Waals surface area contributed by atoms with Gasteiger partial charge in [-0.1, -0.05) is 0 Å². The minimum atomic E-state index is -3.70. The molecular formula is C23H27FN2O4S. The number of ketones is 1. The van der Waals surface area contributed by atoms with Gasteiger partial charge in [0, 0.05) is 18.0 Å². The zero-order valence-electron chi connectivity index (χ0n) is 17.3. The number of hydrogen-bond acceptors (Lipinski definition) is 5. The van der Waals surface area contributed by atoms with Gasteiger partial charge in [-0.2, -0.15) is 4.72 Å².